The first-order valence-corrected chi connectivity index (χ1v) is 9.26. The zero-order chi connectivity index (χ0) is 18.1. The molecule has 0 saturated carbocycles. The standard InChI is InChI=1S/C21H21ClFN3/c1-15-18-4-2-3-5-19(18)24-20(21(15)22)14-25-10-12-26(13-11-25)17-8-6-16(23)7-9-17/h2-9H,10-14H2,1H3. The molecule has 1 aromatic heterocycles. The first-order chi connectivity index (χ1) is 12.6. The van der Waals surface area contributed by atoms with Crippen LogP contribution in [0.2, 0.25) is 5.02 Å². The van der Waals surface area contributed by atoms with Gasteiger partial charge in [0.05, 0.1) is 16.2 Å². The molecule has 3 aromatic rings. The van der Waals surface area contributed by atoms with E-state index in [4.69, 9.17) is 16.6 Å². The van der Waals surface area contributed by atoms with Gasteiger partial charge >= 0.3 is 0 Å². The molecule has 1 saturated heterocycles. The second-order valence-electron chi connectivity index (χ2n) is 6.75. The van der Waals surface area contributed by atoms with Crippen LogP contribution in [0.3, 0.4) is 0 Å². The molecule has 1 fully saturated rings. The van der Waals surface area contributed by atoms with Crippen molar-refractivity contribution < 1.29 is 4.39 Å². The molecule has 0 N–H and O–H groups in total. The van der Waals surface area contributed by atoms with Crippen LogP contribution in [0, 0.1) is 12.7 Å². The Hall–Kier alpha value is -2.17. The number of para-hydroxylation sites is 1. The number of anilines is 1. The largest absolute Gasteiger partial charge is 0.369 e. The number of piperazine rings is 1. The van der Waals surface area contributed by atoms with Crippen molar-refractivity contribution in [1.29, 1.82) is 0 Å². The van der Waals surface area contributed by atoms with Gasteiger partial charge in [0, 0.05) is 43.8 Å². The zero-order valence-electron chi connectivity index (χ0n) is 14.8. The molecule has 134 valence electrons. The maximum Gasteiger partial charge on any atom is 0.123 e. The summed E-state index contributed by atoms with van der Waals surface area (Å²) < 4.78 is 13.1. The highest BCUT2D eigenvalue weighted by Crippen LogP contribution is 2.28. The van der Waals surface area contributed by atoms with E-state index < -0.39 is 0 Å². The van der Waals surface area contributed by atoms with E-state index in [1.54, 1.807) is 0 Å². The average molecular weight is 370 g/mol. The Morgan fingerprint density at radius 3 is 2.42 bits per heavy atom. The van der Waals surface area contributed by atoms with Crippen molar-refractivity contribution in [1.82, 2.24) is 9.88 Å². The van der Waals surface area contributed by atoms with E-state index in [9.17, 15) is 4.39 Å². The number of halogens is 2. The third-order valence-electron chi connectivity index (χ3n) is 5.08. The zero-order valence-corrected chi connectivity index (χ0v) is 15.5. The van der Waals surface area contributed by atoms with Gasteiger partial charge in [-0.3, -0.25) is 4.90 Å². The van der Waals surface area contributed by atoms with Gasteiger partial charge in [-0.2, -0.15) is 0 Å². The van der Waals surface area contributed by atoms with Crippen molar-refractivity contribution in [3.05, 3.63) is 70.6 Å². The van der Waals surface area contributed by atoms with Crippen molar-refractivity contribution in [3.63, 3.8) is 0 Å². The fraction of sp³-hybridized carbons (Fsp3) is 0.286. The number of pyridine rings is 1. The van der Waals surface area contributed by atoms with Gasteiger partial charge in [0.25, 0.3) is 0 Å². The Kier molecular flexibility index (Phi) is 4.79. The van der Waals surface area contributed by atoms with Gasteiger partial charge in [0.2, 0.25) is 0 Å². The number of fused-ring (bicyclic) bond motifs is 1. The fourth-order valence-electron chi connectivity index (χ4n) is 3.55. The molecule has 1 aliphatic rings. The summed E-state index contributed by atoms with van der Waals surface area (Å²) in [7, 11) is 0. The minimum absolute atomic E-state index is 0.195. The van der Waals surface area contributed by atoms with Gasteiger partial charge in [-0.05, 0) is 42.8 Å². The summed E-state index contributed by atoms with van der Waals surface area (Å²) in [6.45, 7) is 6.50. The molecule has 4 rings (SSSR count). The van der Waals surface area contributed by atoms with Gasteiger partial charge in [-0.1, -0.05) is 29.8 Å². The molecule has 2 aromatic carbocycles. The smallest absolute Gasteiger partial charge is 0.123 e. The van der Waals surface area contributed by atoms with Gasteiger partial charge in [-0.25, -0.2) is 9.37 Å². The predicted molar refractivity (Wildman–Crippen MR) is 105 cm³/mol. The van der Waals surface area contributed by atoms with Crippen molar-refractivity contribution in [2.45, 2.75) is 13.5 Å². The number of benzene rings is 2. The van der Waals surface area contributed by atoms with Crippen molar-refractivity contribution in [3.8, 4) is 0 Å². The lowest BCUT2D eigenvalue weighted by Crippen LogP contribution is -2.46. The fourth-order valence-corrected chi connectivity index (χ4v) is 3.75. The SMILES string of the molecule is Cc1c(Cl)c(CN2CCN(c3ccc(F)cc3)CC2)nc2ccccc12. The average Bonchev–Trinajstić information content (AvgIpc) is 2.67. The number of nitrogens with zero attached hydrogens (tertiary/aromatic N) is 3. The Morgan fingerprint density at radius 1 is 1.00 bits per heavy atom. The van der Waals surface area contributed by atoms with Crippen LogP contribution >= 0.6 is 11.6 Å². The number of rotatable bonds is 3. The molecule has 0 bridgehead atoms. The summed E-state index contributed by atoms with van der Waals surface area (Å²) in [5.41, 5.74) is 4.11. The Labute approximate surface area is 158 Å². The molecular formula is C21H21ClFN3. The molecule has 0 spiro atoms. The van der Waals surface area contributed by atoms with Crippen LogP contribution < -0.4 is 4.90 Å². The first kappa shape index (κ1) is 17.3. The third-order valence-corrected chi connectivity index (χ3v) is 5.59. The summed E-state index contributed by atoms with van der Waals surface area (Å²) in [6, 6.07) is 14.8. The lowest BCUT2D eigenvalue weighted by atomic mass is 10.1. The second-order valence-corrected chi connectivity index (χ2v) is 7.13. The summed E-state index contributed by atoms with van der Waals surface area (Å²) in [6.07, 6.45) is 0. The van der Waals surface area contributed by atoms with Crippen LogP contribution in [0.25, 0.3) is 10.9 Å². The Morgan fingerprint density at radius 2 is 1.69 bits per heavy atom. The number of hydrogen-bond donors (Lipinski definition) is 0. The van der Waals surface area contributed by atoms with E-state index in [0.717, 1.165) is 65.6 Å². The van der Waals surface area contributed by atoms with Crippen LogP contribution in [0.5, 0.6) is 0 Å². The minimum atomic E-state index is -0.195. The van der Waals surface area contributed by atoms with E-state index in [1.807, 2.05) is 30.3 Å². The minimum Gasteiger partial charge on any atom is -0.369 e. The van der Waals surface area contributed by atoms with E-state index in [-0.39, 0.29) is 5.82 Å². The van der Waals surface area contributed by atoms with Gasteiger partial charge < -0.3 is 4.90 Å². The Balaban J connectivity index is 1.47. The van der Waals surface area contributed by atoms with Crippen molar-refractivity contribution in [2.24, 2.45) is 0 Å². The molecule has 26 heavy (non-hydrogen) atoms. The Bertz CT molecular complexity index is 918. The molecule has 2 heterocycles. The van der Waals surface area contributed by atoms with Crippen LogP contribution in [0.1, 0.15) is 11.3 Å². The first-order valence-electron chi connectivity index (χ1n) is 8.88. The molecule has 3 nitrogen and oxygen atoms in total. The molecule has 0 amide bonds. The van der Waals surface area contributed by atoms with Gasteiger partial charge in [-0.15, -0.1) is 0 Å². The molecule has 5 heteroatoms. The monoisotopic (exact) mass is 369 g/mol. The highest BCUT2D eigenvalue weighted by Gasteiger charge is 2.20. The summed E-state index contributed by atoms with van der Waals surface area (Å²) in [5.74, 6) is -0.195. The molecule has 1 aliphatic heterocycles. The molecule has 0 atom stereocenters. The quantitative estimate of drug-likeness (QED) is 0.669. The number of hydrogen-bond acceptors (Lipinski definition) is 3. The highest BCUT2D eigenvalue weighted by atomic mass is 35.5. The third kappa shape index (κ3) is 3.39. The molecular weight excluding hydrogens is 349 g/mol. The second kappa shape index (κ2) is 7.22. The lowest BCUT2D eigenvalue weighted by Gasteiger charge is -2.36. The van der Waals surface area contributed by atoms with E-state index >= 15 is 0 Å². The lowest BCUT2D eigenvalue weighted by molar-refractivity contribution is 0.247. The molecule has 0 radical (unpaired) electrons. The maximum atomic E-state index is 13.1. The summed E-state index contributed by atoms with van der Waals surface area (Å²) in [4.78, 5) is 9.45. The van der Waals surface area contributed by atoms with Crippen LogP contribution in [0.15, 0.2) is 48.5 Å². The number of aromatic nitrogens is 1. The topological polar surface area (TPSA) is 19.4 Å². The normalized spacial score (nSPS) is 15.6. The van der Waals surface area contributed by atoms with Crippen molar-refractivity contribution in [2.75, 3.05) is 31.1 Å². The highest BCUT2D eigenvalue weighted by molar-refractivity contribution is 6.32. The molecule has 0 aliphatic carbocycles. The maximum absolute atomic E-state index is 13.1. The van der Waals surface area contributed by atoms with Crippen LogP contribution in [0.4, 0.5) is 10.1 Å². The predicted octanol–water partition coefficient (Wildman–Crippen LogP) is 4.66. The van der Waals surface area contributed by atoms with E-state index in [2.05, 4.69) is 22.8 Å². The summed E-state index contributed by atoms with van der Waals surface area (Å²) in [5, 5.41) is 1.88. The van der Waals surface area contributed by atoms with Gasteiger partial charge in [0.15, 0.2) is 0 Å². The van der Waals surface area contributed by atoms with Gasteiger partial charge in [0.1, 0.15) is 5.82 Å². The summed E-state index contributed by atoms with van der Waals surface area (Å²) >= 11 is 6.60. The van der Waals surface area contributed by atoms with Crippen molar-refractivity contribution >= 4 is 28.2 Å². The van der Waals surface area contributed by atoms with E-state index in [1.165, 1.54) is 12.1 Å². The van der Waals surface area contributed by atoms with E-state index in [0.29, 0.717) is 0 Å². The number of aryl methyl sites for hydroxylation is 1. The van der Waals surface area contributed by atoms with Crippen LogP contribution in [-0.2, 0) is 6.54 Å². The molecule has 0 unspecified atom stereocenters. The van der Waals surface area contributed by atoms with Crippen LogP contribution in [-0.4, -0.2) is 36.1 Å².